The SMILES string of the molecule is CCCCc1ccc(O[C@@H]2C[C@H]3CC[C@@H](C2)N3S(=O)(=O)c2c(C)nn(C)c2C)cc1. The van der Waals surface area contributed by atoms with Crippen LogP contribution < -0.4 is 4.74 Å². The van der Waals surface area contributed by atoms with Crippen LogP contribution in [0.3, 0.4) is 0 Å². The van der Waals surface area contributed by atoms with E-state index in [1.165, 1.54) is 18.4 Å². The molecular formula is C23H33N3O3S. The lowest BCUT2D eigenvalue weighted by molar-refractivity contribution is 0.0956. The summed E-state index contributed by atoms with van der Waals surface area (Å²) in [5.41, 5.74) is 2.62. The number of sulfonamides is 1. The van der Waals surface area contributed by atoms with Gasteiger partial charge in [-0.25, -0.2) is 8.42 Å². The predicted octanol–water partition coefficient (Wildman–Crippen LogP) is 4.14. The van der Waals surface area contributed by atoms with Crippen molar-refractivity contribution in [2.75, 3.05) is 0 Å². The van der Waals surface area contributed by atoms with Crippen molar-refractivity contribution < 1.29 is 13.2 Å². The fraction of sp³-hybridized carbons (Fsp3) is 0.609. The molecule has 0 saturated carbocycles. The van der Waals surface area contributed by atoms with Crippen LogP contribution in [0, 0.1) is 13.8 Å². The fourth-order valence-electron chi connectivity index (χ4n) is 5.11. The maximum Gasteiger partial charge on any atom is 0.247 e. The molecule has 0 amide bonds. The first-order valence-electron chi connectivity index (χ1n) is 11.1. The van der Waals surface area contributed by atoms with Crippen molar-refractivity contribution in [2.24, 2.45) is 7.05 Å². The number of nitrogens with zero attached hydrogens (tertiary/aromatic N) is 3. The number of unbranched alkanes of at least 4 members (excludes halogenated alkanes) is 1. The summed E-state index contributed by atoms with van der Waals surface area (Å²) in [5, 5.41) is 4.32. The summed E-state index contributed by atoms with van der Waals surface area (Å²) in [6.45, 7) is 5.81. The molecule has 6 nitrogen and oxygen atoms in total. The van der Waals surface area contributed by atoms with E-state index in [1.54, 1.807) is 23.0 Å². The second-order valence-electron chi connectivity index (χ2n) is 8.80. The summed E-state index contributed by atoms with van der Waals surface area (Å²) in [5.74, 6) is 0.884. The number of benzene rings is 1. The van der Waals surface area contributed by atoms with Gasteiger partial charge >= 0.3 is 0 Å². The van der Waals surface area contributed by atoms with E-state index in [9.17, 15) is 8.42 Å². The summed E-state index contributed by atoms with van der Waals surface area (Å²) < 4.78 is 36.7. The minimum absolute atomic E-state index is 0.00147. The van der Waals surface area contributed by atoms with E-state index in [1.807, 2.05) is 6.92 Å². The van der Waals surface area contributed by atoms with Gasteiger partial charge in [0.1, 0.15) is 16.7 Å². The second-order valence-corrected chi connectivity index (χ2v) is 10.6. The van der Waals surface area contributed by atoms with E-state index in [4.69, 9.17) is 4.74 Å². The molecular weight excluding hydrogens is 398 g/mol. The van der Waals surface area contributed by atoms with Gasteiger partial charge < -0.3 is 4.74 Å². The van der Waals surface area contributed by atoms with Crippen LogP contribution in [0.5, 0.6) is 5.75 Å². The van der Waals surface area contributed by atoms with E-state index in [-0.39, 0.29) is 18.2 Å². The standard InChI is InChI=1S/C23H33N3O3S/c1-5-6-7-18-8-12-21(13-9-18)29-22-14-19-10-11-20(15-22)26(19)30(27,28)23-16(2)24-25(4)17(23)3/h8-9,12-13,19-20,22H,5-7,10-11,14-15H2,1-4H3/t19-,20+,22-. The van der Waals surface area contributed by atoms with Gasteiger partial charge in [-0.1, -0.05) is 25.5 Å². The highest BCUT2D eigenvalue weighted by Gasteiger charge is 2.49. The first kappa shape index (κ1) is 21.4. The molecule has 0 spiro atoms. The minimum atomic E-state index is -3.55. The first-order valence-corrected chi connectivity index (χ1v) is 12.5. The van der Waals surface area contributed by atoms with Crippen LogP contribution in [-0.4, -0.2) is 40.7 Å². The highest BCUT2D eigenvalue weighted by Crippen LogP contribution is 2.41. The molecule has 164 valence electrons. The molecule has 30 heavy (non-hydrogen) atoms. The molecule has 2 aliphatic heterocycles. The van der Waals surface area contributed by atoms with Gasteiger partial charge in [0.05, 0.1) is 11.4 Å². The summed E-state index contributed by atoms with van der Waals surface area (Å²) in [7, 11) is -1.76. The molecule has 2 saturated heterocycles. The molecule has 2 fully saturated rings. The van der Waals surface area contributed by atoms with Crippen LogP contribution in [0.4, 0.5) is 0 Å². The number of fused-ring (bicyclic) bond motifs is 2. The van der Waals surface area contributed by atoms with E-state index >= 15 is 0 Å². The molecule has 3 heterocycles. The largest absolute Gasteiger partial charge is 0.490 e. The van der Waals surface area contributed by atoms with Gasteiger partial charge in [0.15, 0.2) is 0 Å². The second kappa shape index (κ2) is 8.35. The van der Waals surface area contributed by atoms with Crippen molar-refractivity contribution in [3.8, 4) is 5.75 Å². The monoisotopic (exact) mass is 431 g/mol. The third-order valence-electron chi connectivity index (χ3n) is 6.65. The number of hydrogen-bond acceptors (Lipinski definition) is 4. The fourth-order valence-corrected chi connectivity index (χ4v) is 7.41. The van der Waals surface area contributed by atoms with Crippen molar-refractivity contribution in [2.45, 2.75) is 88.8 Å². The van der Waals surface area contributed by atoms with Crippen molar-refractivity contribution >= 4 is 10.0 Å². The number of piperidine rings is 1. The molecule has 7 heteroatoms. The summed E-state index contributed by atoms with van der Waals surface area (Å²) in [4.78, 5) is 0.379. The number of aryl methyl sites for hydroxylation is 3. The smallest absolute Gasteiger partial charge is 0.247 e. The topological polar surface area (TPSA) is 64.4 Å². The lowest BCUT2D eigenvalue weighted by atomic mass is 10.0. The lowest BCUT2D eigenvalue weighted by Gasteiger charge is -2.37. The van der Waals surface area contributed by atoms with Crippen LogP contribution in [0.2, 0.25) is 0 Å². The molecule has 0 aliphatic carbocycles. The molecule has 0 N–H and O–H groups in total. The van der Waals surface area contributed by atoms with Crippen LogP contribution in [0.1, 0.15) is 62.4 Å². The number of aromatic nitrogens is 2. The Morgan fingerprint density at radius 2 is 1.73 bits per heavy atom. The Kier molecular flexibility index (Phi) is 5.95. The van der Waals surface area contributed by atoms with Gasteiger partial charge in [0, 0.05) is 32.0 Å². The van der Waals surface area contributed by atoms with Crippen molar-refractivity contribution in [3.05, 3.63) is 41.2 Å². The molecule has 4 rings (SSSR count). The van der Waals surface area contributed by atoms with E-state index in [0.29, 0.717) is 16.3 Å². The Labute approximate surface area is 180 Å². The van der Waals surface area contributed by atoms with Gasteiger partial charge in [0.2, 0.25) is 10.0 Å². The minimum Gasteiger partial charge on any atom is -0.490 e. The van der Waals surface area contributed by atoms with Gasteiger partial charge in [-0.3, -0.25) is 4.68 Å². The summed E-state index contributed by atoms with van der Waals surface area (Å²) in [6.07, 6.45) is 6.84. The number of hydrogen-bond donors (Lipinski definition) is 0. The Morgan fingerprint density at radius 3 is 2.27 bits per heavy atom. The molecule has 0 radical (unpaired) electrons. The van der Waals surface area contributed by atoms with Crippen LogP contribution >= 0.6 is 0 Å². The lowest BCUT2D eigenvalue weighted by Crippen LogP contribution is -2.49. The molecule has 2 aromatic rings. The van der Waals surface area contributed by atoms with Crippen LogP contribution in [0.25, 0.3) is 0 Å². The Hall–Kier alpha value is -1.86. The van der Waals surface area contributed by atoms with E-state index in [2.05, 4.69) is 36.3 Å². The summed E-state index contributed by atoms with van der Waals surface area (Å²) >= 11 is 0. The van der Waals surface area contributed by atoms with E-state index < -0.39 is 10.0 Å². The van der Waals surface area contributed by atoms with Gasteiger partial charge in [-0.05, 0) is 57.2 Å². The average Bonchev–Trinajstić information content (AvgIpc) is 3.14. The van der Waals surface area contributed by atoms with Crippen LogP contribution in [-0.2, 0) is 23.5 Å². The average molecular weight is 432 g/mol. The maximum absolute atomic E-state index is 13.5. The predicted molar refractivity (Wildman–Crippen MR) is 117 cm³/mol. The summed E-state index contributed by atoms with van der Waals surface area (Å²) in [6, 6.07) is 8.40. The molecule has 1 aromatic heterocycles. The van der Waals surface area contributed by atoms with Gasteiger partial charge in [-0.2, -0.15) is 9.40 Å². The number of rotatable bonds is 7. The normalized spacial score (nSPS) is 24.3. The third-order valence-corrected chi connectivity index (χ3v) is 8.90. The van der Waals surface area contributed by atoms with Crippen molar-refractivity contribution in [1.29, 1.82) is 0 Å². The van der Waals surface area contributed by atoms with Crippen LogP contribution in [0.15, 0.2) is 29.2 Å². The van der Waals surface area contributed by atoms with Gasteiger partial charge in [0.25, 0.3) is 0 Å². The zero-order chi connectivity index (χ0) is 21.5. The zero-order valence-corrected chi connectivity index (χ0v) is 19.3. The first-order chi connectivity index (χ1) is 14.3. The molecule has 0 unspecified atom stereocenters. The Balaban J connectivity index is 1.47. The quantitative estimate of drug-likeness (QED) is 0.661. The number of ether oxygens (including phenoxy) is 1. The highest BCUT2D eigenvalue weighted by molar-refractivity contribution is 7.89. The molecule has 1 aromatic carbocycles. The molecule has 2 bridgehead atoms. The van der Waals surface area contributed by atoms with Crippen molar-refractivity contribution in [1.82, 2.24) is 14.1 Å². The Bertz CT molecular complexity index is 983. The van der Waals surface area contributed by atoms with E-state index in [0.717, 1.165) is 37.9 Å². The maximum atomic E-state index is 13.5. The zero-order valence-electron chi connectivity index (χ0n) is 18.5. The Morgan fingerprint density at radius 1 is 1.10 bits per heavy atom. The third kappa shape index (κ3) is 3.89. The van der Waals surface area contributed by atoms with Gasteiger partial charge in [-0.15, -0.1) is 0 Å². The molecule has 2 aliphatic rings. The highest BCUT2D eigenvalue weighted by atomic mass is 32.2. The van der Waals surface area contributed by atoms with Crippen molar-refractivity contribution in [3.63, 3.8) is 0 Å². The molecule has 3 atom stereocenters.